The summed E-state index contributed by atoms with van der Waals surface area (Å²) in [6.07, 6.45) is 1.49. The van der Waals surface area contributed by atoms with Gasteiger partial charge < -0.3 is 4.74 Å². The van der Waals surface area contributed by atoms with Crippen LogP contribution in [0.2, 0.25) is 0 Å². The Morgan fingerprint density at radius 2 is 2.14 bits per heavy atom. The molecule has 0 N–H and O–H groups in total. The number of nitrogens with zero attached hydrogens (tertiary/aromatic N) is 5. The van der Waals surface area contributed by atoms with E-state index in [4.69, 9.17) is 10.00 Å². The molecular formula is C14H10FN5OS. The fourth-order valence-electron chi connectivity index (χ4n) is 1.75. The van der Waals surface area contributed by atoms with Crippen molar-refractivity contribution in [3.8, 4) is 11.8 Å². The lowest BCUT2D eigenvalue weighted by atomic mass is 10.3. The van der Waals surface area contributed by atoms with Gasteiger partial charge in [0.15, 0.2) is 0 Å². The van der Waals surface area contributed by atoms with Gasteiger partial charge in [0.2, 0.25) is 0 Å². The van der Waals surface area contributed by atoms with Crippen molar-refractivity contribution in [1.82, 2.24) is 19.7 Å². The lowest BCUT2D eigenvalue weighted by Gasteiger charge is -2.03. The van der Waals surface area contributed by atoms with E-state index in [1.807, 2.05) is 11.4 Å². The summed E-state index contributed by atoms with van der Waals surface area (Å²) >= 11 is 1.47. The molecule has 0 bridgehead atoms. The largest absolute Gasteiger partial charge is 0.486 e. The van der Waals surface area contributed by atoms with Crippen molar-refractivity contribution in [2.75, 3.05) is 0 Å². The van der Waals surface area contributed by atoms with E-state index in [9.17, 15) is 4.39 Å². The fourth-order valence-corrected chi connectivity index (χ4v) is 2.45. The van der Waals surface area contributed by atoms with E-state index >= 15 is 0 Å². The molecule has 2 aromatic heterocycles. The number of ether oxygens (including phenoxy) is 1. The predicted molar refractivity (Wildman–Crippen MR) is 76.7 cm³/mol. The normalized spacial score (nSPS) is 10.4. The smallest absolute Gasteiger partial charge is 0.252 e. The summed E-state index contributed by atoms with van der Waals surface area (Å²) in [4.78, 5) is 8.25. The minimum absolute atomic E-state index is 0.134. The van der Waals surface area contributed by atoms with Crippen LogP contribution >= 0.6 is 11.3 Å². The molecular weight excluding hydrogens is 305 g/mol. The van der Waals surface area contributed by atoms with E-state index in [0.717, 1.165) is 10.7 Å². The zero-order valence-electron chi connectivity index (χ0n) is 11.3. The second-order valence-electron chi connectivity index (χ2n) is 4.35. The second-order valence-corrected chi connectivity index (χ2v) is 5.30. The molecule has 0 spiro atoms. The molecule has 0 amide bonds. The molecule has 0 aliphatic heterocycles. The fraction of sp³-hybridized carbons (Fsp3) is 0.143. The first-order valence-electron chi connectivity index (χ1n) is 6.34. The van der Waals surface area contributed by atoms with Gasteiger partial charge in [-0.05, 0) is 24.3 Å². The Hall–Kier alpha value is -2.79. The lowest BCUT2D eigenvalue weighted by Crippen LogP contribution is -2.02. The number of halogens is 1. The average molecular weight is 315 g/mol. The highest BCUT2D eigenvalue weighted by molar-refractivity contribution is 7.09. The van der Waals surface area contributed by atoms with Crippen LogP contribution in [0.15, 0.2) is 36.0 Å². The number of rotatable bonds is 5. The van der Waals surface area contributed by atoms with Gasteiger partial charge >= 0.3 is 0 Å². The summed E-state index contributed by atoms with van der Waals surface area (Å²) in [6.45, 7) is 0.763. The zero-order chi connectivity index (χ0) is 15.4. The van der Waals surface area contributed by atoms with Crippen molar-refractivity contribution >= 4 is 11.3 Å². The Morgan fingerprint density at radius 3 is 2.86 bits per heavy atom. The molecule has 3 aromatic rings. The number of aromatic nitrogens is 4. The Morgan fingerprint density at radius 1 is 1.32 bits per heavy atom. The first-order chi connectivity index (χ1) is 10.7. The van der Waals surface area contributed by atoms with Gasteiger partial charge in [-0.2, -0.15) is 5.26 Å². The van der Waals surface area contributed by atoms with Crippen molar-refractivity contribution in [2.45, 2.75) is 13.2 Å². The van der Waals surface area contributed by atoms with Crippen LogP contribution in [0.3, 0.4) is 0 Å². The van der Waals surface area contributed by atoms with Crippen LogP contribution in [0.25, 0.3) is 0 Å². The Kier molecular flexibility index (Phi) is 4.07. The quantitative estimate of drug-likeness (QED) is 0.722. The molecule has 0 aliphatic carbocycles. The summed E-state index contributed by atoms with van der Waals surface area (Å²) in [7, 11) is 0. The van der Waals surface area contributed by atoms with Crippen molar-refractivity contribution in [3.63, 3.8) is 0 Å². The standard InChI is InChI=1S/C14H10FN5OS/c15-10-1-3-12(4-2-10)21-7-14-18-11(8-22-14)6-20-9-17-13(5-16)19-20/h1-4,8-9H,6-7H2. The zero-order valence-corrected chi connectivity index (χ0v) is 12.1. The van der Waals surface area contributed by atoms with Gasteiger partial charge in [-0.25, -0.2) is 19.0 Å². The van der Waals surface area contributed by atoms with Gasteiger partial charge in [-0.3, -0.25) is 0 Å². The molecule has 0 saturated heterocycles. The summed E-state index contributed by atoms with van der Waals surface area (Å²) < 4.78 is 19.9. The van der Waals surface area contributed by atoms with Crippen LogP contribution < -0.4 is 4.74 Å². The molecule has 3 rings (SSSR count). The van der Waals surface area contributed by atoms with Crippen LogP contribution in [0.4, 0.5) is 4.39 Å². The van der Waals surface area contributed by atoms with Crippen LogP contribution in [-0.2, 0) is 13.2 Å². The molecule has 0 atom stereocenters. The number of hydrogen-bond donors (Lipinski definition) is 0. The molecule has 0 unspecified atom stereocenters. The third kappa shape index (κ3) is 3.45. The topological polar surface area (TPSA) is 76.6 Å². The minimum Gasteiger partial charge on any atom is -0.486 e. The van der Waals surface area contributed by atoms with Gasteiger partial charge in [-0.15, -0.1) is 16.4 Å². The van der Waals surface area contributed by atoms with Gasteiger partial charge in [-0.1, -0.05) is 0 Å². The van der Waals surface area contributed by atoms with E-state index in [1.54, 1.807) is 16.8 Å². The Bertz CT molecular complexity index is 805. The van der Waals surface area contributed by atoms with Crippen LogP contribution in [0, 0.1) is 17.1 Å². The van der Waals surface area contributed by atoms with Crippen molar-refractivity contribution in [3.05, 3.63) is 58.3 Å². The summed E-state index contributed by atoms with van der Waals surface area (Å²) in [5.74, 6) is 0.427. The molecule has 2 heterocycles. The SMILES string of the molecule is N#Cc1ncn(Cc2csc(COc3ccc(F)cc3)n2)n1. The first-order valence-corrected chi connectivity index (χ1v) is 7.22. The van der Waals surface area contributed by atoms with E-state index in [2.05, 4.69) is 15.1 Å². The third-order valence-electron chi connectivity index (χ3n) is 2.74. The maximum atomic E-state index is 12.8. The number of thiazole rings is 1. The lowest BCUT2D eigenvalue weighted by molar-refractivity contribution is 0.305. The highest BCUT2D eigenvalue weighted by atomic mass is 32.1. The maximum Gasteiger partial charge on any atom is 0.252 e. The van der Waals surface area contributed by atoms with E-state index in [-0.39, 0.29) is 11.6 Å². The van der Waals surface area contributed by atoms with Crippen LogP contribution in [-0.4, -0.2) is 19.7 Å². The number of benzene rings is 1. The summed E-state index contributed by atoms with van der Waals surface area (Å²) in [5.41, 5.74) is 0.817. The van der Waals surface area contributed by atoms with Gasteiger partial charge in [0.1, 0.15) is 35.6 Å². The molecule has 0 radical (unpaired) electrons. The first kappa shape index (κ1) is 14.2. The monoisotopic (exact) mass is 315 g/mol. The highest BCUT2D eigenvalue weighted by Crippen LogP contribution is 2.16. The van der Waals surface area contributed by atoms with Crippen LogP contribution in [0.1, 0.15) is 16.5 Å². The van der Waals surface area contributed by atoms with E-state index in [0.29, 0.717) is 18.9 Å². The summed E-state index contributed by atoms with van der Waals surface area (Å²) in [5, 5.41) is 15.4. The van der Waals surface area contributed by atoms with Gasteiger partial charge in [0, 0.05) is 5.38 Å². The van der Waals surface area contributed by atoms with Gasteiger partial charge in [0.25, 0.3) is 5.82 Å². The minimum atomic E-state index is -0.298. The van der Waals surface area contributed by atoms with E-state index < -0.39 is 0 Å². The molecule has 110 valence electrons. The summed E-state index contributed by atoms with van der Waals surface area (Å²) in [6, 6.07) is 7.71. The van der Waals surface area contributed by atoms with Crippen molar-refractivity contribution in [1.29, 1.82) is 5.26 Å². The Labute approximate surface area is 129 Å². The maximum absolute atomic E-state index is 12.8. The highest BCUT2D eigenvalue weighted by Gasteiger charge is 2.06. The molecule has 0 saturated carbocycles. The molecule has 0 fully saturated rings. The average Bonchev–Trinajstić information content (AvgIpc) is 3.16. The Balaban J connectivity index is 1.59. The van der Waals surface area contributed by atoms with E-state index in [1.165, 1.54) is 29.8 Å². The molecule has 1 aromatic carbocycles. The van der Waals surface area contributed by atoms with Crippen LogP contribution in [0.5, 0.6) is 5.75 Å². The second kappa shape index (κ2) is 6.32. The van der Waals surface area contributed by atoms with Crippen molar-refractivity contribution in [2.24, 2.45) is 0 Å². The molecule has 0 aliphatic rings. The molecule has 8 heteroatoms. The number of hydrogen-bond acceptors (Lipinski definition) is 6. The number of nitriles is 1. The van der Waals surface area contributed by atoms with Crippen molar-refractivity contribution < 1.29 is 9.13 Å². The predicted octanol–water partition coefficient (Wildman–Crippen LogP) is 2.37. The molecule has 6 nitrogen and oxygen atoms in total. The molecule has 22 heavy (non-hydrogen) atoms. The third-order valence-corrected chi connectivity index (χ3v) is 3.61. The van der Waals surface area contributed by atoms with Gasteiger partial charge in [0.05, 0.1) is 12.2 Å².